The van der Waals surface area contributed by atoms with Crippen molar-refractivity contribution in [1.29, 1.82) is 0 Å². The van der Waals surface area contributed by atoms with E-state index < -0.39 is 0 Å². The zero-order valence-corrected chi connectivity index (χ0v) is 16.8. The molecule has 2 aliphatic rings. The third-order valence-corrected chi connectivity index (χ3v) is 6.76. The molecule has 0 aromatic carbocycles. The van der Waals surface area contributed by atoms with Gasteiger partial charge >= 0.3 is 0 Å². The molecular formula is C24H36N2. The molecule has 2 aromatic heterocycles. The van der Waals surface area contributed by atoms with Crippen LogP contribution in [0.4, 0.5) is 0 Å². The average molecular weight is 353 g/mol. The smallest absolute Gasteiger partial charge is 0.0402 e. The molecule has 0 amide bonds. The number of rotatable bonds is 5. The Hall–Kier alpha value is -1.44. The minimum atomic E-state index is 0.793. The van der Waals surface area contributed by atoms with Gasteiger partial charge in [-0.3, -0.25) is 0 Å². The van der Waals surface area contributed by atoms with E-state index in [1.165, 1.54) is 75.3 Å². The van der Waals surface area contributed by atoms with Gasteiger partial charge in [0.25, 0.3) is 0 Å². The Morgan fingerprint density at radius 3 is 1.42 bits per heavy atom. The van der Waals surface area contributed by atoms with Gasteiger partial charge in [0.15, 0.2) is 0 Å². The van der Waals surface area contributed by atoms with Gasteiger partial charge in [-0.05, 0) is 74.6 Å². The molecule has 0 atom stereocenters. The van der Waals surface area contributed by atoms with Crippen LogP contribution < -0.4 is 0 Å². The molecule has 2 heteroatoms. The highest BCUT2D eigenvalue weighted by Gasteiger charge is 2.21. The van der Waals surface area contributed by atoms with Crippen molar-refractivity contribution in [3.05, 3.63) is 47.0 Å². The lowest BCUT2D eigenvalue weighted by Gasteiger charge is -2.25. The van der Waals surface area contributed by atoms with Gasteiger partial charge in [0.1, 0.15) is 0 Å². The van der Waals surface area contributed by atoms with Gasteiger partial charge in [-0.1, -0.05) is 38.5 Å². The van der Waals surface area contributed by atoms with Crippen molar-refractivity contribution in [2.24, 2.45) is 0 Å². The SMILES string of the molecule is Cc1cc(C2CCCCC2)n(CCn2cc(C)cc2C2CCCCC2)c1. The molecule has 0 radical (unpaired) electrons. The molecule has 0 aliphatic heterocycles. The van der Waals surface area contributed by atoms with Crippen LogP contribution in [0.25, 0.3) is 0 Å². The average Bonchev–Trinajstić information content (AvgIpc) is 3.23. The second kappa shape index (κ2) is 8.06. The van der Waals surface area contributed by atoms with Crippen LogP contribution in [0.5, 0.6) is 0 Å². The van der Waals surface area contributed by atoms with E-state index in [9.17, 15) is 0 Å². The normalized spacial score (nSPS) is 19.9. The molecule has 2 aromatic rings. The highest BCUT2D eigenvalue weighted by molar-refractivity contribution is 5.23. The van der Waals surface area contributed by atoms with Crippen LogP contribution in [0.1, 0.15) is 98.6 Å². The Morgan fingerprint density at radius 1 is 0.654 bits per heavy atom. The molecule has 2 fully saturated rings. The first kappa shape index (κ1) is 17.9. The molecule has 2 heterocycles. The molecule has 0 spiro atoms. The Kier molecular flexibility index (Phi) is 5.57. The van der Waals surface area contributed by atoms with Gasteiger partial charge < -0.3 is 9.13 Å². The van der Waals surface area contributed by atoms with E-state index in [2.05, 4.69) is 47.5 Å². The summed E-state index contributed by atoms with van der Waals surface area (Å²) >= 11 is 0. The summed E-state index contributed by atoms with van der Waals surface area (Å²) in [5, 5.41) is 0. The van der Waals surface area contributed by atoms with Crippen molar-refractivity contribution in [3.63, 3.8) is 0 Å². The minimum Gasteiger partial charge on any atom is -0.349 e. The van der Waals surface area contributed by atoms with Crippen molar-refractivity contribution >= 4 is 0 Å². The van der Waals surface area contributed by atoms with Crippen LogP contribution in [0.3, 0.4) is 0 Å². The van der Waals surface area contributed by atoms with Crippen molar-refractivity contribution in [3.8, 4) is 0 Å². The van der Waals surface area contributed by atoms with Crippen LogP contribution in [0.15, 0.2) is 24.5 Å². The highest BCUT2D eigenvalue weighted by atomic mass is 15.0. The third-order valence-electron chi connectivity index (χ3n) is 6.76. The standard InChI is InChI=1S/C24H36N2/c1-19-15-23(21-9-5-3-6-10-21)25(17-19)13-14-26-18-20(2)16-24(26)22-11-7-4-8-12-22/h15-18,21-22H,3-14H2,1-2H3. The summed E-state index contributed by atoms with van der Waals surface area (Å²) in [6.07, 6.45) is 18.9. The first-order chi connectivity index (χ1) is 12.7. The summed E-state index contributed by atoms with van der Waals surface area (Å²) in [7, 11) is 0. The lowest BCUT2D eigenvalue weighted by Crippen LogP contribution is -2.16. The lowest BCUT2D eigenvalue weighted by atomic mass is 9.86. The Bertz CT molecular complexity index is 646. The predicted octanol–water partition coefficient (Wildman–Crippen LogP) is 6.70. The van der Waals surface area contributed by atoms with Gasteiger partial charge in [-0.25, -0.2) is 0 Å². The Morgan fingerprint density at radius 2 is 1.04 bits per heavy atom. The Balaban J connectivity index is 1.49. The number of aryl methyl sites for hydroxylation is 4. The van der Waals surface area contributed by atoms with Crippen molar-refractivity contribution in [2.75, 3.05) is 0 Å². The molecule has 2 saturated carbocycles. The molecular weight excluding hydrogens is 316 g/mol. The van der Waals surface area contributed by atoms with Gasteiger partial charge in [0.2, 0.25) is 0 Å². The largest absolute Gasteiger partial charge is 0.349 e. The molecule has 26 heavy (non-hydrogen) atoms. The predicted molar refractivity (Wildman–Crippen MR) is 110 cm³/mol. The fraction of sp³-hybridized carbons (Fsp3) is 0.667. The number of nitrogens with zero attached hydrogens (tertiary/aromatic N) is 2. The van der Waals surface area contributed by atoms with E-state index in [0.29, 0.717) is 0 Å². The molecule has 0 unspecified atom stereocenters. The molecule has 142 valence electrons. The number of hydrogen-bond donors (Lipinski definition) is 0. The second-order valence-corrected chi connectivity index (χ2v) is 8.94. The first-order valence-electron chi connectivity index (χ1n) is 11.0. The third kappa shape index (κ3) is 3.94. The molecule has 2 aliphatic carbocycles. The first-order valence-corrected chi connectivity index (χ1v) is 11.0. The molecule has 0 N–H and O–H groups in total. The summed E-state index contributed by atoms with van der Waals surface area (Å²) in [5.74, 6) is 1.59. The van der Waals surface area contributed by atoms with E-state index in [1.807, 2.05) is 0 Å². The zero-order chi connectivity index (χ0) is 17.9. The van der Waals surface area contributed by atoms with Gasteiger partial charge in [-0.2, -0.15) is 0 Å². The van der Waals surface area contributed by atoms with E-state index >= 15 is 0 Å². The quantitative estimate of drug-likeness (QED) is 0.566. The van der Waals surface area contributed by atoms with E-state index in [1.54, 1.807) is 11.4 Å². The summed E-state index contributed by atoms with van der Waals surface area (Å²) in [5.41, 5.74) is 6.07. The molecule has 4 rings (SSSR count). The van der Waals surface area contributed by atoms with Crippen LogP contribution >= 0.6 is 0 Å². The van der Waals surface area contributed by atoms with Gasteiger partial charge in [0.05, 0.1) is 0 Å². The van der Waals surface area contributed by atoms with Gasteiger partial charge in [-0.15, -0.1) is 0 Å². The van der Waals surface area contributed by atoms with Crippen molar-refractivity contribution in [2.45, 2.75) is 103 Å². The Labute approximate surface area is 159 Å². The molecule has 2 nitrogen and oxygen atoms in total. The summed E-state index contributed by atoms with van der Waals surface area (Å²) in [6, 6.07) is 4.91. The second-order valence-electron chi connectivity index (χ2n) is 8.94. The minimum absolute atomic E-state index is 0.793. The van der Waals surface area contributed by atoms with Crippen LogP contribution in [0.2, 0.25) is 0 Å². The maximum absolute atomic E-state index is 2.57. The maximum Gasteiger partial charge on any atom is 0.0402 e. The fourth-order valence-corrected chi connectivity index (χ4v) is 5.45. The lowest BCUT2D eigenvalue weighted by molar-refractivity contribution is 0.407. The summed E-state index contributed by atoms with van der Waals surface area (Å²) in [4.78, 5) is 0. The fourth-order valence-electron chi connectivity index (χ4n) is 5.45. The van der Waals surface area contributed by atoms with Crippen LogP contribution in [-0.2, 0) is 13.1 Å². The topological polar surface area (TPSA) is 9.86 Å². The summed E-state index contributed by atoms with van der Waals surface area (Å²) in [6.45, 7) is 6.76. The zero-order valence-electron chi connectivity index (χ0n) is 16.8. The molecule has 0 saturated heterocycles. The summed E-state index contributed by atoms with van der Waals surface area (Å²) < 4.78 is 5.15. The number of hydrogen-bond acceptors (Lipinski definition) is 0. The highest BCUT2D eigenvalue weighted by Crippen LogP contribution is 2.35. The van der Waals surface area contributed by atoms with E-state index in [0.717, 1.165) is 24.9 Å². The van der Waals surface area contributed by atoms with Crippen molar-refractivity contribution in [1.82, 2.24) is 9.13 Å². The van der Waals surface area contributed by atoms with E-state index in [-0.39, 0.29) is 0 Å². The van der Waals surface area contributed by atoms with E-state index in [4.69, 9.17) is 0 Å². The van der Waals surface area contributed by atoms with Gasteiger partial charge in [0, 0.05) is 36.9 Å². The van der Waals surface area contributed by atoms with Crippen LogP contribution in [0, 0.1) is 13.8 Å². The van der Waals surface area contributed by atoms with Crippen LogP contribution in [-0.4, -0.2) is 9.13 Å². The molecule has 0 bridgehead atoms. The number of aromatic nitrogens is 2. The monoisotopic (exact) mass is 352 g/mol. The maximum atomic E-state index is 2.57. The van der Waals surface area contributed by atoms with Crippen molar-refractivity contribution < 1.29 is 0 Å².